The fourth-order valence-corrected chi connectivity index (χ4v) is 3.60. The zero-order valence-corrected chi connectivity index (χ0v) is 14.1. The second-order valence-electron chi connectivity index (χ2n) is 7.05. The van der Waals surface area contributed by atoms with Crippen LogP contribution in [0.2, 0.25) is 0 Å². The first-order valence-corrected chi connectivity index (χ1v) is 7.92. The predicted octanol–water partition coefficient (Wildman–Crippen LogP) is 3.05. The first kappa shape index (κ1) is 20.1. The Balaban J connectivity index is 0.000000279. The molecule has 0 unspecified atom stereocenters. The van der Waals surface area contributed by atoms with Gasteiger partial charge in [-0.1, -0.05) is 0 Å². The Morgan fingerprint density at radius 1 is 1.11 bits per heavy atom. The molecule has 2 heterocycles. The van der Waals surface area contributed by atoms with Crippen molar-refractivity contribution in [3.63, 3.8) is 0 Å². The summed E-state index contributed by atoms with van der Waals surface area (Å²) in [6, 6.07) is 2.34. The van der Waals surface area contributed by atoms with E-state index in [1.54, 1.807) is 10.9 Å². The maximum absolute atomic E-state index is 12.5. The monoisotopic (exact) mass is 408 g/mol. The zero-order valence-electron chi connectivity index (χ0n) is 14.1. The minimum atomic E-state index is -5.08. The molecule has 2 aromatic heterocycles. The Labute approximate surface area is 154 Å². The number of carboxylic acids is 1. The van der Waals surface area contributed by atoms with Crippen molar-refractivity contribution in [2.24, 2.45) is 5.73 Å². The Morgan fingerprint density at radius 3 is 2.07 bits per heavy atom. The maximum Gasteiger partial charge on any atom is 0.490 e. The van der Waals surface area contributed by atoms with Crippen molar-refractivity contribution in [1.82, 2.24) is 14.8 Å². The average Bonchev–Trinajstić information content (AvgIpc) is 2.99. The minimum absolute atomic E-state index is 0.0119. The summed E-state index contributed by atoms with van der Waals surface area (Å²) >= 11 is 0. The van der Waals surface area contributed by atoms with E-state index in [0.717, 1.165) is 30.9 Å². The zero-order chi connectivity index (χ0) is 21.0. The third-order valence-corrected chi connectivity index (χ3v) is 4.81. The van der Waals surface area contributed by atoms with Crippen LogP contribution in [0.3, 0.4) is 0 Å². The van der Waals surface area contributed by atoms with Crippen molar-refractivity contribution in [1.29, 1.82) is 0 Å². The van der Waals surface area contributed by atoms with E-state index in [1.165, 1.54) is 12.3 Å². The lowest BCUT2D eigenvalue weighted by molar-refractivity contribution is -0.192. The fraction of sp³-hybridized carbons (Fsp3) is 0.438. The Hall–Kier alpha value is -2.63. The smallest absolute Gasteiger partial charge is 0.475 e. The molecule has 0 aromatic carbocycles. The van der Waals surface area contributed by atoms with Crippen LogP contribution in [0.1, 0.15) is 30.5 Å². The number of aromatic nitrogens is 3. The summed E-state index contributed by atoms with van der Waals surface area (Å²) in [5.41, 5.74) is 6.92. The van der Waals surface area contributed by atoms with Crippen molar-refractivity contribution in [2.45, 2.75) is 42.6 Å². The molecule has 0 radical (unpaired) electrons. The molecular formula is C16H14F6N4O2. The highest BCUT2D eigenvalue weighted by Crippen LogP contribution is 2.66. The van der Waals surface area contributed by atoms with Crippen LogP contribution in [0.25, 0.3) is 5.69 Å². The van der Waals surface area contributed by atoms with Gasteiger partial charge in [0.15, 0.2) is 0 Å². The number of pyridine rings is 1. The lowest BCUT2D eigenvalue weighted by Gasteiger charge is -2.69. The molecule has 5 rings (SSSR count). The second kappa shape index (κ2) is 6.19. The van der Waals surface area contributed by atoms with Gasteiger partial charge in [0.2, 0.25) is 0 Å². The number of halogens is 6. The van der Waals surface area contributed by atoms with Gasteiger partial charge in [-0.2, -0.15) is 31.4 Å². The van der Waals surface area contributed by atoms with E-state index < -0.39 is 24.0 Å². The molecule has 28 heavy (non-hydrogen) atoms. The summed E-state index contributed by atoms with van der Waals surface area (Å²) in [5.74, 6) is -2.76. The van der Waals surface area contributed by atoms with Gasteiger partial charge < -0.3 is 10.8 Å². The number of nitrogens with zero attached hydrogens (tertiary/aromatic N) is 3. The Kier molecular flexibility index (Phi) is 4.45. The number of alkyl halides is 6. The number of carboxylic acid groups (broad SMARTS) is 1. The van der Waals surface area contributed by atoms with Crippen molar-refractivity contribution < 1.29 is 36.2 Å². The molecule has 0 amide bonds. The van der Waals surface area contributed by atoms with Gasteiger partial charge in [-0.3, -0.25) is 0 Å². The molecule has 152 valence electrons. The van der Waals surface area contributed by atoms with E-state index in [9.17, 15) is 26.3 Å². The topological polar surface area (TPSA) is 94.0 Å². The van der Waals surface area contributed by atoms with Gasteiger partial charge in [-0.05, 0) is 37.0 Å². The van der Waals surface area contributed by atoms with Gasteiger partial charge in [0.1, 0.15) is 5.69 Å². The van der Waals surface area contributed by atoms with Crippen LogP contribution in [0.15, 0.2) is 30.7 Å². The van der Waals surface area contributed by atoms with Gasteiger partial charge in [0.25, 0.3) is 0 Å². The summed E-state index contributed by atoms with van der Waals surface area (Å²) in [4.78, 5) is 12.3. The third kappa shape index (κ3) is 3.68. The van der Waals surface area contributed by atoms with Crippen molar-refractivity contribution in [3.05, 3.63) is 42.0 Å². The number of hydrogen-bond donors (Lipinski definition) is 2. The van der Waals surface area contributed by atoms with E-state index in [2.05, 4.69) is 10.1 Å². The summed E-state index contributed by atoms with van der Waals surface area (Å²) in [7, 11) is 0. The summed E-state index contributed by atoms with van der Waals surface area (Å²) in [6.45, 7) is 0. The molecule has 2 bridgehead atoms. The lowest BCUT2D eigenvalue weighted by Crippen LogP contribution is -2.74. The summed E-state index contributed by atoms with van der Waals surface area (Å²) < 4.78 is 70.7. The molecular weight excluding hydrogens is 394 g/mol. The first-order valence-electron chi connectivity index (χ1n) is 7.92. The number of carbonyl (C=O) groups is 1. The number of hydrogen-bond acceptors (Lipinski definition) is 4. The van der Waals surface area contributed by atoms with Crippen LogP contribution < -0.4 is 5.73 Å². The van der Waals surface area contributed by atoms with E-state index in [4.69, 9.17) is 15.6 Å². The molecule has 12 heteroatoms. The van der Waals surface area contributed by atoms with Crippen LogP contribution in [0, 0.1) is 0 Å². The highest BCUT2D eigenvalue weighted by Gasteiger charge is 2.66. The van der Waals surface area contributed by atoms with Crippen LogP contribution >= 0.6 is 0 Å². The van der Waals surface area contributed by atoms with E-state index in [-0.39, 0.29) is 11.0 Å². The summed E-state index contributed by atoms with van der Waals surface area (Å²) in [5, 5.41) is 11.4. The van der Waals surface area contributed by atoms with Crippen LogP contribution in [-0.2, 0) is 16.4 Å². The first-order chi connectivity index (χ1) is 12.7. The molecule has 0 atom stereocenters. The number of rotatable bonds is 2. The highest BCUT2D eigenvalue weighted by molar-refractivity contribution is 5.73. The minimum Gasteiger partial charge on any atom is -0.475 e. The Bertz CT molecular complexity index is 868. The van der Waals surface area contributed by atoms with Crippen LogP contribution in [0.5, 0.6) is 0 Å². The van der Waals surface area contributed by atoms with Gasteiger partial charge in [-0.15, -0.1) is 0 Å². The number of nitrogens with two attached hydrogens (primary N) is 1. The number of aliphatic carboxylic acids is 1. The fourth-order valence-electron chi connectivity index (χ4n) is 3.60. The highest BCUT2D eigenvalue weighted by atomic mass is 19.4. The van der Waals surface area contributed by atoms with Crippen LogP contribution in [0.4, 0.5) is 26.3 Å². The molecule has 3 aliphatic carbocycles. The maximum atomic E-state index is 12.5. The van der Waals surface area contributed by atoms with Crippen LogP contribution in [-0.4, -0.2) is 37.6 Å². The quantitative estimate of drug-likeness (QED) is 0.745. The van der Waals surface area contributed by atoms with E-state index >= 15 is 0 Å². The van der Waals surface area contributed by atoms with Gasteiger partial charge in [0, 0.05) is 17.2 Å². The molecule has 6 nitrogen and oxygen atoms in total. The normalized spacial score (nSPS) is 25.8. The summed E-state index contributed by atoms with van der Waals surface area (Å²) in [6.07, 6.45) is -1.77. The average molecular weight is 408 g/mol. The molecule has 3 fully saturated rings. The van der Waals surface area contributed by atoms with Gasteiger partial charge in [-0.25, -0.2) is 14.5 Å². The van der Waals surface area contributed by atoms with Crippen molar-refractivity contribution >= 4 is 5.97 Å². The van der Waals surface area contributed by atoms with E-state index in [0.29, 0.717) is 5.69 Å². The second-order valence-corrected chi connectivity index (χ2v) is 7.05. The molecule has 2 aromatic rings. The Morgan fingerprint density at radius 2 is 1.68 bits per heavy atom. The van der Waals surface area contributed by atoms with Gasteiger partial charge >= 0.3 is 18.3 Å². The molecule has 3 aliphatic rings. The predicted molar refractivity (Wildman–Crippen MR) is 82.5 cm³/mol. The molecule has 0 saturated heterocycles. The molecule has 0 aliphatic heterocycles. The standard InChI is InChI=1S/C14H13F3N4.C2HF3O2/c15-14(16,17)11-2-1-10(4-19-11)21-5-9(3-20-21)12-6-13(18,7-12)8-12;3-2(4,5)1(6)7/h1-5H,6-8,18H2;(H,6,7). The lowest BCUT2D eigenvalue weighted by atomic mass is 9.38. The molecule has 3 saturated carbocycles. The molecule has 0 spiro atoms. The van der Waals surface area contributed by atoms with Crippen molar-refractivity contribution in [3.8, 4) is 5.69 Å². The van der Waals surface area contributed by atoms with Crippen molar-refractivity contribution in [2.75, 3.05) is 0 Å². The van der Waals surface area contributed by atoms with E-state index in [1.807, 2.05) is 6.20 Å². The molecule has 3 N–H and O–H groups in total. The van der Waals surface area contributed by atoms with Gasteiger partial charge in [0.05, 0.1) is 18.1 Å². The third-order valence-electron chi connectivity index (χ3n) is 4.81. The SMILES string of the molecule is NC12CC(c3cnn(-c4ccc(C(F)(F)F)nc4)c3)(C1)C2.O=C(O)C(F)(F)F. The largest absolute Gasteiger partial charge is 0.490 e.